The number of nitrogens with zero attached hydrogens (tertiary/aromatic N) is 4. The second kappa shape index (κ2) is 5.44. The van der Waals surface area contributed by atoms with Crippen LogP contribution in [0, 0.1) is 5.92 Å². The Morgan fingerprint density at radius 1 is 1.38 bits per heavy atom. The predicted octanol–water partition coefficient (Wildman–Crippen LogP) is 3.24. The maximum absolute atomic E-state index is 4.57. The number of halogens is 1. The second-order valence-corrected chi connectivity index (χ2v) is 7.20. The maximum atomic E-state index is 4.57. The Labute approximate surface area is 139 Å². The highest BCUT2D eigenvalue weighted by molar-refractivity contribution is 14.2. The van der Waals surface area contributed by atoms with Crippen molar-refractivity contribution in [1.29, 1.82) is 0 Å². The first kappa shape index (κ1) is 13.8. The van der Waals surface area contributed by atoms with Gasteiger partial charge in [-0.15, -0.1) is 0 Å². The molecule has 21 heavy (non-hydrogen) atoms. The van der Waals surface area contributed by atoms with Crippen molar-refractivity contribution >= 4 is 47.1 Å². The molecule has 0 aromatic carbocycles. The highest BCUT2D eigenvalue weighted by atomic mass is 127. The average Bonchev–Trinajstić information content (AvgIpc) is 3.22. The first-order valence-electron chi connectivity index (χ1n) is 7.16. The fourth-order valence-corrected chi connectivity index (χ4v) is 4.64. The highest BCUT2D eigenvalue weighted by Gasteiger charge is 2.29. The molecule has 0 radical (unpaired) electrons. The summed E-state index contributed by atoms with van der Waals surface area (Å²) in [6.07, 6.45) is 7.18. The molecule has 4 rings (SSSR count). The van der Waals surface area contributed by atoms with Gasteiger partial charge in [-0.25, -0.2) is 9.97 Å². The van der Waals surface area contributed by atoms with Crippen LogP contribution in [0.4, 0.5) is 0 Å². The predicted molar refractivity (Wildman–Crippen MR) is 94.9 cm³/mol. The van der Waals surface area contributed by atoms with Crippen molar-refractivity contribution in [2.45, 2.75) is 19.3 Å². The van der Waals surface area contributed by atoms with Crippen LogP contribution in [0.3, 0.4) is 0 Å². The summed E-state index contributed by atoms with van der Waals surface area (Å²) in [5.41, 5.74) is 4.40. The fraction of sp³-hybridized carbons (Fsp3) is 0.429. The normalized spacial score (nSPS) is 22.6. The molecule has 0 bridgehead atoms. The zero-order chi connectivity index (χ0) is 14.4. The third-order valence-electron chi connectivity index (χ3n) is 4.48. The van der Waals surface area contributed by atoms with Crippen LogP contribution < -0.4 is 5.32 Å². The van der Waals surface area contributed by atoms with E-state index in [1.54, 1.807) is 9.12 Å². The summed E-state index contributed by atoms with van der Waals surface area (Å²) in [5, 5.41) is 3.52. The maximum Gasteiger partial charge on any atom is 0.167 e. The molecule has 0 amide bonds. The van der Waals surface area contributed by atoms with Crippen LogP contribution in [-0.4, -0.2) is 31.4 Å². The number of hydrogen-bond donors (Lipinski definition) is 1. The van der Waals surface area contributed by atoms with Crippen molar-refractivity contribution in [2.75, 3.05) is 13.1 Å². The second-order valence-electron chi connectivity index (χ2n) is 5.49. The summed E-state index contributed by atoms with van der Waals surface area (Å²) in [7, 11) is 1.64. The van der Waals surface area contributed by atoms with Gasteiger partial charge in [0.15, 0.2) is 11.3 Å². The summed E-state index contributed by atoms with van der Waals surface area (Å²) in [5.74, 6) is 1.22. The Hall–Kier alpha value is -0.800. The van der Waals surface area contributed by atoms with Gasteiger partial charge in [0, 0.05) is 60.9 Å². The van der Waals surface area contributed by atoms with Crippen LogP contribution in [-0.2, 0) is 0 Å². The molecule has 1 aliphatic heterocycles. The van der Waals surface area contributed by atoms with Crippen LogP contribution in [0.25, 0.3) is 16.8 Å². The minimum atomic E-state index is 0.534. The van der Waals surface area contributed by atoms with E-state index in [0.717, 1.165) is 29.9 Å². The molecular formula is C14H16IN5S. The van der Waals surface area contributed by atoms with Crippen LogP contribution in [0.15, 0.2) is 24.7 Å². The van der Waals surface area contributed by atoms with E-state index >= 15 is 0 Å². The molecule has 3 aromatic rings. The molecule has 1 N–H and O–H groups in total. The van der Waals surface area contributed by atoms with Crippen molar-refractivity contribution in [1.82, 2.24) is 23.7 Å². The quantitative estimate of drug-likeness (QED) is 0.670. The van der Waals surface area contributed by atoms with Crippen molar-refractivity contribution in [3.63, 3.8) is 0 Å². The molecule has 1 saturated heterocycles. The smallest absolute Gasteiger partial charge is 0.167 e. The standard InChI is InChI=1S/C14H16IN5S/c1-2-9-5-16-6-10(9)12-7-17-13-8-18-14-11(20(12)13)3-4-19(14)21-15/h3-4,7-10,16H,2,5-6H2,1H3. The van der Waals surface area contributed by atoms with Gasteiger partial charge in [0.25, 0.3) is 0 Å². The molecule has 5 nitrogen and oxygen atoms in total. The number of fused-ring (bicyclic) bond motifs is 3. The first-order valence-corrected chi connectivity index (χ1v) is 10.5. The Morgan fingerprint density at radius 3 is 3.10 bits per heavy atom. The molecule has 2 atom stereocenters. The van der Waals surface area contributed by atoms with Gasteiger partial charge < -0.3 is 5.32 Å². The van der Waals surface area contributed by atoms with Crippen molar-refractivity contribution in [3.8, 4) is 0 Å². The van der Waals surface area contributed by atoms with E-state index in [4.69, 9.17) is 0 Å². The van der Waals surface area contributed by atoms with E-state index in [1.807, 2.05) is 12.4 Å². The SMILES string of the molecule is CCC1CNCC1c1cnc2cnc3c(ccn3SI)n12. The Bertz CT molecular complexity index is 795. The molecule has 0 aliphatic carbocycles. The van der Waals surface area contributed by atoms with E-state index < -0.39 is 0 Å². The largest absolute Gasteiger partial charge is 0.316 e. The number of imidazole rings is 1. The summed E-state index contributed by atoms with van der Waals surface area (Å²) in [4.78, 5) is 9.13. The van der Waals surface area contributed by atoms with Crippen LogP contribution in [0.1, 0.15) is 25.0 Å². The summed E-state index contributed by atoms with van der Waals surface area (Å²) in [6.45, 7) is 4.42. The van der Waals surface area contributed by atoms with Gasteiger partial charge in [-0.3, -0.25) is 8.37 Å². The first-order chi connectivity index (χ1) is 10.3. The third kappa shape index (κ3) is 2.08. The summed E-state index contributed by atoms with van der Waals surface area (Å²) in [6, 6.07) is 2.13. The third-order valence-corrected chi connectivity index (χ3v) is 6.20. The average molecular weight is 413 g/mol. The molecule has 7 heteroatoms. The van der Waals surface area contributed by atoms with Crippen molar-refractivity contribution < 1.29 is 0 Å². The van der Waals surface area contributed by atoms with Gasteiger partial charge in [-0.2, -0.15) is 0 Å². The van der Waals surface area contributed by atoms with Gasteiger partial charge in [-0.1, -0.05) is 13.3 Å². The molecule has 2 unspecified atom stereocenters. The lowest BCUT2D eigenvalue weighted by Crippen LogP contribution is -2.12. The Balaban J connectivity index is 1.95. The minimum absolute atomic E-state index is 0.534. The Morgan fingerprint density at radius 2 is 2.29 bits per heavy atom. The van der Waals surface area contributed by atoms with Gasteiger partial charge in [-0.05, 0) is 18.5 Å². The lowest BCUT2D eigenvalue weighted by atomic mass is 9.91. The van der Waals surface area contributed by atoms with Gasteiger partial charge in [0.2, 0.25) is 0 Å². The molecule has 3 aromatic heterocycles. The minimum Gasteiger partial charge on any atom is -0.316 e. The topological polar surface area (TPSA) is 47.2 Å². The van der Waals surface area contributed by atoms with E-state index in [1.165, 1.54) is 12.1 Å². The van der Waals surface area contributed by atoms with Crippen molar-refractivity contribution in [3.05, 3.63) is 30.4 Å². The number of rotatable bonds is 3. The van der Waals surface area contributed by atoms with Gasteiger partial charge in [0.1, 0.15) is 0 Å². The zero-order valence-electron chi connectivity index (χ0n) is 11.7. The van der Waals surface area contributed by atoms with Crippen LogP contribution in [0.2, 0.25) is 0 Å². The summed E-state index contributed by atoms with van der Waals surface area (Å²) < 4.78 is 4.37. The summed E-state index contributed by atoms with van der Waals surface area (Å²) >= 11 is 2.28. The fourth-order valence-electron chi connectivity index (χ4n) is 3.37. The lowest BCUT2D eigenvalue weighted by molar-refractivity contribution is 0.493. The molecule has 0 spiro atoms. The lowest BCUT2D eigenvalue weighted by Gasteiger charge is -2.16. The van der Waals surface area contributed by atoms with Gasteiger partial charge in [0.05, 0.1) is 11.7 Å². The number of hydrogen-bond acceptors (Lipinski definition) is 4. The van der Waals surface area contributed by atoms with E-state index in [-0.39, 0.29) is 0 Å². The Kier molecular flexibility index (Phi) is 3.58. The zero-order valence-corrected chi connectivity index (χ0v) is 14.6. The molecule has 0 saturated carbocycles. The van der Waals surface area contributed by atoms with E-state index in [9.17, 15) is 0 Å². The van der Waals surface area contributed by atoms with Gasteiger partial charge >= 0.3 is 0 Å². The number of aromatic nitrogens is 4. The van der Waals surface area contributed by atoms with E-state index in [2.05, 4.69) is 64.1 Å². The molecule has 1 fully saturated rings. The molecule has 1 aliphatic rings. The van der Waals surface area contributed by atoms with E-state index in [0.29, 0.717) is 11.8 Å². The molecular weight excluding hydrogens is 397 g/mol. The molecule has 4 heterocycles. The van der Waals surface area contributed by atoms with Crippen molar-refractivity contribution in [2.24, 2.45) is 5.92 Å². The van der Waals surface area contributed by atoms with Crippen LogP contribution in [0.5, 0.6) is 0 Å². The monoisotopic (exact) mass is 413 g/mol. The number of nitrogens with one attached hydrogen (secondary N) is 1. The highest BCUT2D eigenvalue weighted by Crippen LogP contribution is 2.33. The van der Waals surface area contributed by atoms with Crippen LogP contribution >= 0.6 is 30.3 Å². The molecule has 110 valence electrons.